The first-order chi connectivity index (χ1) is 16.1. The van der Waals surface area contributed by atoms with Crippen LogP contribution < -0.4 is 10.6 Å². The molecule has 0 saturated carbocycles. The van der Waals surface area contributed by atoms with Gasteiger partial charge in [0.05, 0.1) is 5.69 Å². The third kappa shape index (κ3) is 4.31. The molecule has 33 heavy (non-hydrogen) atoms. The van der Waals surface area contributed by atoms with Crippen molar-refractivity contribution < 1.29 is 4.79 Å². The van der Waals surface area contributed by atoms with E-state index in [1.165, 1.54) is 5.56 Å². The molecule has 0 bridgehead atoms. The van der Waals surface area contributed by atoms with Gasteiger partial charge >= 0.3 is 0 Å². The Morgan fingerprint density at radius 1 is 0.909 bits per heavy atom. The topological polar surface area (TPSA) is 71.8 Å². The van der Waals surface area contributed by atoms with Gasteiger partial charge in [-0.1, -0.05) is 55.5 Å². The zero-order valence-corrected chi connectivity index (χ0v) is 18.8. The van der Waals surface area contributed by atoms with Crippen LogP contribution in [-0.4, -0.2) is 26.0 Å². The van der Waals surface area contributed by atoms with Gasteiger partial charge in [-0.15, -0.1) is 15.0 Å². The van der Waals surface area contributed by atoms with E-state index in [1.54, 1.807) is 16.9 Å². The number of carbonyl (C=O) groups is 1. The van der Waals surface area contributed by atoms with E-state index < -0.39 is 0 Å². The van der Waals surface area contributed by atoms with Crippen LogP contribution in [0.25, 0.3) is 27.5 Å². The Labute approximate surface area is 196 Å². The maximum Gasteiger partial charge on any atom is 0.257 e. The highest BCUT2D eigenvalue weighted by atomic mass is 32.1. The summed E-state index contributed by atoms with van der Waals surface area (Å²) in [4.78, 5) is 14.1. The fourth-order valence-electron chi connectivity index (χ4n) is 3.71. The Kier molecular flexibility index (Phi) is 5.54. The molecule has 0 radical (unpaired) electrons. The van der Waals surface area contributed by atoms with Crippen molar-refractivity contribution in [3.05, 3.63) is 96.1 Å². The van der Waals surface area contributed by atoms with E-state index in [2.05, 4.69) is 46.0 Å². The summed E-state index contributed by atoms with van der Waals surface area (Å²) in [5.74, 6) is -0.252. The lowest BCUT2D eigenvalue weighted by Gasteiger charge is -2.09. The maximum absolute atomic E-state index is 12.5. The molecule has 0 aliphatic rings. The van der Waals surface area contributed by atoms with E-state index in [1.807, 2.05) is 54.6 Å². The highest BCUT2D eigenvalue weighted by Crippen LogP contribution is 2.23. The average molecular weight is 452 g/mol. The largest absolute Gasteiger partial charge is 0.332 e. The van der Waals surface area contributed by atoms with E-state index in [4.69, 9.17) is 12.2 Å². The van der Waals surface area contributed by atoms with Crippen LogP contribution in [0.1, 0.15) is 22.8 Å². The number of hydrogen-bond acceptors (Lipinski definition) is 4. The summed E-state index contributed by atoms with van der Waals surface area (Å²) in [5, 5.41) is 17.5. The lowest BCUT2D eigenvalue weighted by molar-refractivity contribution is 0.0977. The number of rotatable bonds is 4. The molecular weight excluding hydrogens is 430 g/mol. The lowest BCUT2D eigenvalue weighted by Crippen LogP contribution is -2.34. The van der Waals surface area contributed by atoms with Crippen LogP contribution in [0, 0.1) is 0 Å². The van der Waals surface area contributed by atoms with E-state index >= 15 is 0 Å². The van der Waals surface area contributed by atoms with Crippen molar-refractivity contribution in [3.8, 4) is 5.69 Å². The molecule has 1 amide bonds. The summed E-state index contributed by atoms with van der Waals surface area (Å²) in [6.07, 6.45) is 0.926. The van der Waals surface area contributed by atoms with Crippen LogP contribution in [0.5, 0.6) is 0 Å². The van der Waals surface area contributed by atoms with Crippen LogP contribution >= 0.6 is 12.2 Å². The summed E-state index contributed by atoms with van der Waals surface area (Å²) < 4.78 is 0. The van der Waals surface area contributed by atoms with Gasteiger partial charge in [-0.3, -0.25) is 10.1 Å². The molecule has 0 aliphatic heterocycles. The van der Waals surface area contributed by atoms with Crippen LogP contribution in [0.4, 0.5) is 5.69 Å². The van der Waals surface area contributed by atoms with Gasteiger partial charge in [-0.2, -0.15) is 0 Å². The fraction of sp³-hybridized carbons (Fsp3) is 0.0769. The molecule has 6 nitrogen and oxygen atoms in total. The van der Waals surface area contributed by atoms with Crippen molar-refractivity contribution in [1.29, 1.82) is 0 Å². The number of anilines is 1. The van der Waals surface area contributed by atoms with Crippen molar-refractivity contribution in [2.24, 2.45) is 0 Å². The molecule has 4 aromatic carbocycles. The third-order valence-corrected chi connectivity index (χ3v) is 5.68. The van der Waals surface area contributed by atoms with Crippen molar-refractivity contribution in [2.45, 2.75) is 13.3 Å². The van der Waals surface area contributed by atoms with Gasteiger partial charge in [-0.25, -0.2) is 0 Å². The molecule has 1 heterocycles. The molecule has 0 spiro atoms. The minimum absolute atomic E-state index is 0.223. The molecule has 5 rings (SSSR count). The monoisotopic (exact) mass is 451 g/mol. The Morgan fingerprint density at radius 3 is 2.48 bits per heavy atom. The normalized spacial score (nSPS) is 10.9. The second kappa shape index (κ2) is 8.80. The average Bonchev–Trinajstić information content (AvgIpc) is 3.27. The molecular formula is C26H21N5OS. The molecule has 1 aromatic heterocycles. The van der Waals surface area contributed by atoms with E-state index in [0.717, 1.165) is 39.6 Å². The number of nitrogens with zero attached hydrogens (tertiary/aromatic N) is 3. The van der Waals surface area contributed by atoms with Gasteiger partial charge in [0, 0.05) is 16.6 Å². The summed E-state index contributed by atoms with van der Waals surface area (Å²) in [6, 6.07) is 27.3. The van der Waals surface area contributed by atoms with Crippen molar-refractivity contribution in [1.82, 2.24) is 20.3 Å². The quantitative estimate of drug-likeness (QED) is 0.365. The minimum atomic E-state index is -0.252. The Hall–Kier alpha value is -4.10. The molecule has 162 valence electrons. The number of thiocarbonyl (C=S) groups is 1. The van der Waals surface area contributed by atoms with Crippen LogP contribution in [0.15, 0.2) is 84.9 Å². The predicted molar refractivity (Wildman–Crippen MR) is 136 cm³/mol. The standard InChI is InChI=1S/C26H21N5OS/c1-2-17-10-12-19(13-11-17)25(32)28-26(33)27-20-14-15-22-23(16-20)30-31(29-22)24-9-5-7-18-6-3-4-8-21(18)24/h3-16H,2H2,1H3,(H2,27,28,32,33). The second-order valence-corrected chi connectivity index (χ2v) is 8.06. The number of aryl methyl sites for hydroxylation is 1. The number of carbonyl (C=O) groups excluding carboxylic acids is 1. The third-order valence-electron chi connectivity index (χ3n) is 5.47. The Morgan fingerprint density at radius 2 is 1.67 bits per heavy atom. The number of hydrogen-bond donors (Lipinski definition) is 2. The summed E-state index contributed by atoms with van der Waals surface area (Å²) >= 11 is 5.33. The van der Waals surface area contributed by atoms with Gasteiger partial charge in [0.2, 0.25) is 0 Å². The lowest BCUT2D eigenvalue weighted by atomic mass is 10.1. The molecule has 0 fully saturated rings. The van der Waals surface area contributed by atoms with Crippen LogP contribution in [-0.2, 0) is 6.42 Å². The summed E-state index contributed by atoms with van der Waals surface area (Å²) in [7, 11) is 0. The van der Waals surface area contributed by atoms with Gasteiger partial charge in [-0.05, 0) is 66.0 Å². The number of benzene rings is 4. The smallest absolute Gasteiger partial charge is 0.257 e. The Bertz CT molecular complexity index is 1480. The highest BCUT2D eigenvalue weighted by Gasteiger charge is 2.11. The molecule has 0 saturated heterocycles. The van der Waals surface area contributed by atoms with Gasteiger partial charge < -0.3 is 5.32 Å². The fourth-order valence-corrected chi connectivity index (χ4v) is 3.92. The summed E-state index contributed by atoms with van der Waals surface area (Å²) in [5.41, 5.74) is 4.85. The molecule has 0 aliphatic carbocycles. The van der Waals surface area contributed by atoms with Crippen LogP contribution in [0.3, 0.4) is 0 Å². The first kappa shape index (κ1) is 20.8. The van der Waals surface area contributed by atoms with Gasteiger partial charge in [0.25, 0.3) is 5.91 Å². The number of aromatic nitrogens is 3. The van der Waals surface area contributed by atoms with Gasteiger partial charge in [0.15, 0.2) is 5.11 Å². The molecule has 5 aromatic rings. The van der Waals surface area contributed by atoms with Crippen LogP contribution in [0.2, 0.25) is 0 Å². The second-order valence-electron chi connectivity index (χ2n) is 7.65. The Balaban J connectivity index is 1.34. The van der Waals surface area contributed by atoms with E-state index in [0.29, 0.717) is 5.56 Å². The number of nitrogens with one attached hydrogen (secondary N) is 2. The molecule has 7 heteroatoms. The number of fused-ring (bicyclic) bond motifs is 2. The first-order valence-electron chi connectivity index (χ1n) is 10.7. The van der Waals surface area contributed by atoms with Crippen molar-refractivity contribution in [3.63, 3.8) is 0 Å². The zero-order valence-electron chi connectivity index (χ0n) is 17.9. The highest BCUT2D eigenvalue weighted by molar-refractivity contribution is 7.80. The zero-order chi connectivity index (χ0) is 22.8. The maximum atomic E-state index is 12.5. The first-order valence-corrected chi connectivity index (χ1v) is 11.1. The van der Waals surface area contributed by atoms with Gasteiger partial charge in [0.1, 0.15) is 11.0 Å². The molecule has 2 N–H and O–H groups in total. The predicted octanol–water partition coefficient (Wildman–Crippen LogP) is 5.26. The SMILES string of the molecule is CCc1ccc(C(=O)NC(=S)Nc2ccc3nn(-c4cccc5ccccc45)nc3c2)cc1. The molecule has 0 atom stereocenters. The molecule has 0 unspecified atom stereocenters. The van der Waals surface area contributed by atoms with E-state index in [-0.39, 0.29) is 11.0 Å². The van der Waals surface area contributed by atoms with Crippen molar-refractivity contribution >= 4 is 50.7 Å². The van der Waals surface area contributed by atoms with Crippen molar-refractivity contribution in [2.75, 3.05) is 5.32 Å². The minimum Gasteiger partial charge on any atom is -0.332 e. The number of amides is 1. The summed E-state index contributed by atoms with van der Waals surface area (Å²) in [6.45, 7) is 2.07. The van der Waals surface area contributed by atoms with E-state index in [9.17, 15) is 4.79 Å².